The number of unbranched alkanes of at least 4 members (excludes halogenated alkanes) is 1. The molecule has 0 saturated heterocycles. The first-order valence-corrected chi connectivity index (χ1v) is 8.97. The molecule has 118 valence electrons. The average molecular weight is 353 g/mol. The Labute approximate surface area is 135 Å². The Morgan fingerprint density at radius 3 is 2.62 bits per heavy atom. The fourth-order valence-electron chi connectivity index (χ4n) is 1.56. The molecule has 0 spiro atoms. The summed E-state index contributed by atoms with van der Waals surface area (Å²) in [4.78, 5) is 11.9. The van der Waals surface area contributed by atoms with Crippen molar-refractivity contribution in [2.75, 3.05) is 18.8 Å². The minimum atomic E-state index is -3.27. The maximum Gasteiger partial charge on any atom is 0.252 e. The number of hydrogen-bond donors (Lipinski definition) is 2. The molecule has 1 rings (SSSR count). The Bertz CT molecular complexity index is 591. The molecule has 0 unspecified atom stereocenters. The van der Waals surface area contributed by atoms with Crippen molar-refractivity contribution < 1.29 is 13.2 Å². The van der Waals surface area contributed by atoms with Gasteiger partial charge in [0.1, 0.15) is 0 Å². The highest BCUT2D eigenvalue weighted by Crippen LogP contribution is 2.20. The van der Waals surface area contributed by atoms with Gasteiger partial charge in [0.05, 0.1) is 16.3 Å². The number of sulfonamides is 1. The van der Waals surface area contributed by atoms with E-state index in [0.717, 1.165) is 6.42 Å². The van der Waals surface area contributed by atoms with Gasteiger partial charge in [-0.15, -0.1) is 0 Å². The molecule has 0 aliphatic carbocycles. The highest BCUT2D eigenvalue weighted by atomic mass is 35.5. The van der Waals surface area contributed by atoms with Crippen molar-refractivity contribution in [1.82, 2.24) is 10.0 Å². The normalized spacial score (nSPS) is 11.4. The first kappa shape index (κ1) is 18.2. The third kappa shape index (κ3) is 6.65. The van der Waals surface area contributed by atoms with Gasteiger partial charge in [-0.1, -0.05) is 36.5 Å². The summed E-state index contributed by atoms with van der Waals surface area (Å²) in [6, 6.07) is 4.58. The van der Waals surface area contributed by atoms with E-state index in [1.807, 2.05) is 6.92 Å². The maximum atomic E-state index is 11.9. The zero-order chi connectivity index (χ0) is 15.9. The highest BCUT2D eigenvalue weighted by molar-refractivity contribution is 7.89. The molecule has 5 nitrogen and oxygen atoms in total. The van der Waals surface area contributed by atoms with Crippen molar-refractivity contribution >= 4 is 39.1 Å². The van der Waals surface area contributed by atoms with Crippen LogP contribution in [0, 0.1) is 0 Å². The fraction of sp³-hybridized carbons (Fsp3) is 0.462. The summed E-state index contributed by atoms with van der Waals surface area (Å²) in [6.07, 6.45) is 1.42. The molecule has 1 aromatic carbocycles. The van der Waals surface area contributed by atoms with E-state index in [-0.39, 0.29) is 24.4 Å². The van der Waals surface area contributed by atoms with Crippen LogP contribution in [-0.2, 0) is 10.0 Å². The Morgan fingerprint density at radius 1 is 1.24 bits per heavy atom. The molecular weight excluding hydrogens is 335 g/mol. The van der Waals surface area contributed by atoms with Crippen LogP contribution < -0.4 is 10.0 Å². The third-order valence-electron chi connectivity index (χ3n) is 2.67. The van der Waals surface area contributed by atoms with Gasteiger partial charge in [0.15, 0.2) is 0 Å². The Balaban J connectivity index is 2.42. The molecule has 0 atom stereocenters. The minimum Gasteiger partial charge on any atom is -0.351 e. The molecule has 2 N–H and O–H groups in total. The van der Waals surface area contributed by atoms with E-state index >= 15 is 0 Å². The predicted molar refractivity (Wildman–Crippen MR) is 85.5 cm³/mol. The van der Waals surface area contributed by atoms with E-state index < -0.39 is 15.9 Å². The second-order valence-corrected chi connectivity index (χ2v) is 7.22. The number of halogens is 2. The second kappa shape index (κ2) is 8.58. The maximum absolute atomic E-state index is 11.9. The summed E-state index contributed by atoms with van der Waals surface area (Å²) >= 11 is 11.7. The Morgan fingerprint density at radius 2 is 1.95 bits per heavy atom. The van der Waals surface area contributed by atoms with Crippen LogP contribution in [0.1, 0.15) is 30.1 Å². The first-order valence-electron chi connectivity index (χ1n) is 6.56. The number of nitrogens with one attached hydrogen (secondary N) is 2. The third-order valence-corrected chi connectivity index (χ3v) is 4.71. The molecule has 0 aliphatic rings. The van der Waals surface area contributed by atoms with Crippen LogP contribution in [0.15, 0.2) is 18.2 Å². The average Bonchev–Trinajstić information content (AvgIpc) is 2.44. The summed E-state index contributed by atoms with van der Waals surface area (Å²) in [5.41, 5.74) is 0.262. The number of benzene rings is 1. The van der Waals surface area contributed by atoms with Crippen LogP contribution in [0.2, 0.25) is 10.0 Å². The van der Waals surface area contributed by atoms with Crippen LogP contribution in [0.3, 0.4) is 0 Å². The van der Waals surface area contributed by atoms with Gasteiger partial charge in [-0.05, 0) is 24.6 Å². The molecule has 21 heavy (non-hydrogen) atoms. The second-order valence-electron chi connectivity index (χ2n) is 4.45. The number of carbonyl (C=O) groups is 1. The van der Waals surface area contributed by atoms with Gasteiger partial charge >= 0.3 is 0 Å². The fourth-order valence-corrected chi connectivity index (χ4v) is 3.16. The van der Waals surface area contributed by atoms with Crippen LogP contribution in [0.4, 0.5) is 0 Å². The van der Waals surface area contributed by atoms with Gasteiger partial charge in [0.25, 0.3) is 5.91 Å². The quantitative estimate of drug-likeness (QED) is 0.705. The van der Waals surface area contributed by atoms with Gasteiger partial charge in [0.2, 0.25) is 10.0 Å². The monoisotopic (exact) mass is 352 g/mol. The largest absolute Gasteiger partial charge is 0.351 e. The lowest BCUT2D eigenvalue weighted by molar-refractivity contribution is 0.0954. The Hall–Kier alpha value is -0.820. The lowest BCUT2D eigenvalue weighted by Gasteiger charge is -2.09. The van der Waals surface area contributed by atoms with E-state index in [1.165, 1.54) is 12.1 Å². The highest BCUT2D eigenvalue weighted by Gasteiger charge is 2.12. The molecule has 0 aliphatic heterocycles. The van der Waals surface area contributed by atoms with Gasteiger partial charge in [0, 0.05) is 18.1 Å². The zero-order valence-corrected chi connectivity index (χ0v) is 14.0. The summed E-state index contributed by atoms with van der Waals surface area (Å²) < 4.78 is 25.5. The minimum absolute atomic E-state index is 0.0948. The predicted octanol–water partition coefficient (Wildman–Crippen LogP) is 2.44. The number of amides is 1. The number of carbonyl (C=O) groups excluding carboxylic acids is 1. The summed E-state index contributed by atoms with van der Waals surface area (Å²) in [5, 5.41) is 3.29. The summed E-state index contributed by atoms with van der Waals surface area (Å²) in [7, 11) is -3.27. The number of rotatable bonds is 8. The molecular formula is C13H18Cl2N2O3S. The number of hydrogen-bond acceptors (Lipinski definition) is 3. The zero-order valence-electron chi connectivity index (χ0n) is 11.7. The van der Waals surface area contributed by atoms with Crippen molar-refractivity contribution in [2.24, 2.45) is 0 Å². The smallest absolute Gasteiger partial charge is 0.252 e. The topological polar surface area (TPSA) is 75.3 Å². The van der Waals surface area contributed by atoms with E-state index in [2.05, 4.69) is 10.0 Å². The van der Waals surface area contributed by atoms with Gasteiger partial charge in [-0.2, -0.15) is 0 Å². The van der Waals surface area contributed by atoms with Crippen molar-refractivity contribution in [1.29, 1.82) is 0 Å². The molecule has 0 bridgehead atoms. The van der Waals surface area contributed by atoms with Crippen molar-refractivity contribution in [3.05, 3.63) is 33.8 Å². The molecule has 0 heterocycles. The molecule has 1 amide bonds. The lowest BCUT2D eigenvalue weighted by Crippen LogP contribution is -2.35. The van der Waals surface area contributed by atoms with E-state index in [1.54, 1.807) is 6.07 Å². The van der Waals surface area contributed by atoms with E-state index in [0.29, 0.717) is 16.5 Å². The van der Waals surface area contributed by atoms with Gasteiger partial charge in [-0.25, -0.2) is 13.1 Å². The molecule has 0 saturated carbocycles. The lowest BCUT2D eigenvalue weighted by atomic mass is 10.2. The van der Waals surface area contributed by atoms with Gasteiger partial charge < -0.3 is 5.32 Å². The molecule has 0 aromatic heterocycles. The SMILES string of the molecule is CCCCS(=O)(=O)NCCNC(=O)c1cc(Cl)ccc1Cl. The van der Waals surface area contributed by atoms with Crippen LogP contribution in [-0.4, -0.2) is 33.2 Å². The Kier molecular flexibility index (Phi) is 7.45. The molecule has 0 radical (unpaired) electrons. The van der Waals surface area contributed by atoms with Crippen LogP contribution in [0.5, 0.6) is 0 Å². The summed E-state index contributed by atoms with van der Waals surface area (Å²) in [5.74, 6) is -0.298. The van der Waals surface area contributed by atoms with Crippen molar-refractivity contribution in [3.8, 4) is 0 Å². The van der Waals surface area contributed by atoms with Gasteiger partial charge in [-0.3, -0.25) is 4.79 Å². The molecule has 8 heteroatoms. The van der Waals surface area contributed by atoms with E-state index in [4.69, 9.17) is 23.2 Å². The van der Waals surface area contributed by atoms with Crippen LogP contribution >= 0.6 is 23.2 Å². The van der Waals surface area contributed by atoms with E-state index in [9.17, 15) is 13.2 Å². The molecule has 0 fully saturated rings. The van der Waals surface area contributed by atoms with Crippen molar-refractivity contribution in [2.45, 2.75) is 19.8 Å². The first-order chi connectivity index (χ1) is 9.85. The standard InChI is InChI=1S/C13H18Cl2N2O3S/c1-2-3-8-21(19,20)17-7-6-16-13(18)11-9-10(14)4-5-12(11)15/h4-5,9,17H,2-3,6-8H2,1H3,(H,16,18). The van der Waals surface area contributed by atoms with Crippen LogP contribution in [0.25, 0.3) is 0 Å². The molecule has 1 aromatic rings. The summed E-state index contributed by atoms with van der Waals surface area (Å²) in [6.45, 7) is 2.23. The van der Waals surface area contributed by atoms with Crippen molar-refractivity contribution in [3.63, 3.8) is 0 Å².